The van der Waals surface area contributed by atoms with Gasteiger partial charge in [0.05, 0.1) is 5.02 Å². The quantitative estimate of drug-likeness (QED) is 0.636. The van der Waals surface area contributed by atoms with Gasteiger partial charge in [-0.3, -0.25) is 5.43 Å². The molecule has 5 nitrogen and oxygen atoms in total. The Labute approximate surface area is 132 Å². The van der Waals surface area contributed by atoms with Gasteiger partial charge in [-0.05, 0) is 46.3 Å². The van der Waals surface area contributed by atoms with Gasteiger partial charge in [-0.1, -0.05) is 11.6 Å². The summed E-state index contributed by atoms with van der Waals surface area (Å²) in [5.74, 6) is -1.54. The highest BCUT2D eigenvalue weighted by molar-refractivity contribution is 9.10. The van der Waals surface area contributed by atoms with E-state index in [4.69, 9.17) is 11.6 Å². The molecule has 8 heteroatoms. The van der Waals surface area contributed by atoms with Gasteiger partial charge < -0.3 is 5.11 Å². The molecule has 0 bridgehead atoms. The van der Waals surface area contributed by atoms with Gasteiger partial charge in [0.25, 0.3) is 0 Å². The van der Waals surface area contributed by atoms with Gasteiger partial charge in [-0.15, -0.1) is 0 Å². The van der Waals surface area contributed by atoms with E-state index in [-0.39, 0.29) is 16.3 Å². The molecule has 1 aromatic carbocycles. The van der Waals surface area contributed by atoms with Crippen LogP contribution in [0, 0.1) is 5.82 Å². The molecule has 0 saturated carbocycles. The van der Waals surface area contributed by atoms with Gasteiger partial charge in [0.15, 0.2) is 5.71 Å². The summed E-state index contributed by atoms with van der Waals surface area (Å²) >= 11 is 8.87. The lowest BCUT2D eigenvalue weighted by Crippen LogP contribution is -2.16. The van der Waals surface area contributed by atoms with Crippen LogP contribution in [0.2, 0.25) is 5.02 Å². The number of anilines is 1. The third-order valence-electron chi connectivity index (χ3n) is 2.41. The van der Waals surface area contributed by atoms with E-state index in [0.29, 0.717) is 5.82 Å². The van der Waals surface area contributed by atoms with Crippen LogP contribution in [0.3, 0.4) is 0 Å². The molecule has 0 aliphatic carbocycles. The minimum absolute atomic E-state index is 0.178. The van der Waals surface area contributed by atoms with Crippen molar-refractivity contribution < 1.29 is 14.3 Å². The summed E-state index contributed by atoms with van der Waals surface area (Å²) < 4.78 is 13.9. The van der Waals surface area contributed by atoms with Crippen LogP contribution in [0.25, 0.3) is 0 Å². The highest BCUT2D eigenvalue weighted by Gasteiger charge is 2.14. The third-order valence-corrected chi connectivity index (χ3v) is 3.16. The second kappa shape index (κ2) is 6.64. The molecule has 1 heterocycles. The van der Waals surface area contributed by atoms with E-state index < -0.39 is 11.8 Å². The second-order valence-electron chi connectivity index (χ2n) is 3.87. The zero-order valence-electron chi connectivity index (χ0n) is 10.3. The maximum atomic E-state index is 13.1. The van der Waals surface area contributed by atoms with Crippen molar-refractivity contribution in [3.05, 3.63) is 57.4 Å². The van der Waals surface area contributed by atoms with E-state index in [9.17, 15) is 14.3 Å². The third kappa shape index (κ3) is 3.99. The van der Waals surface area contributed by atoms with Crippen LogP contribution in [-0.4, -0.2) is 21.8 Å². The van der Waals surface area contributed by atoms with Gasteiger partial charge in [0.2, 0.25) is 0 Å². The highest BCUT2D eigenvalue weighted by atomic mass is 79.9. The van der Waals surface area contributed by atoms with E-state index >= 15 is 0 Å². The number of carbonyl (C=O) groups is 1. The number of benzene rings is 1. The molecule has 0 unspecified atom stereocenters. The number of aromatic nitrogens is 1. The Morgan fingerprint density at radius 2 is 2.14 bits per heavy atom. The molecule has 0 aliphatic heterocycles. The maximum Gasteiger partial charge on any atom is 0.356 e. The molecular weight excluding hydrogens is 365 g/mol. The predicted molar refractivity (Wildman–Crippen MR) is 81.1 cm³/mol. The molecule has 0 fully saturated rings. The summed E-state index contributed by atoms with van der Waals surface area (Å²) in [5.41, 5.74) is 2.40. The number of pyridine rings is 1. The molecule has 0 atom stereocenters. The Bertz CT molecular complexity index is 707. The smallest absolute Gasteiger partial charge is 0.356 e. The Balaban J connectivity index is 2.29. The first-order valence-electron chi connectivity index (χ1n) is 5.61. The number of rotatable bonds is 4. The molecule has 1 aromatic heterocycles. The van der Waals surface area contributed by atoms with Crippen molar-refractivity contribution in [2.24, 2.45) is 5.10 Å². The van der Waals surface area contributed by atoms with Crippen LogP contribution in [0.15, 0.2) is 46.1 Å². The first-order chi connectivity index (χ1) is 9.97. The average molecular weight is 373 g/mol. The fourth-order valence-corrected chi connectivity index (χ4v) is 1.85. The monoisotopic (exact) mass is 371 g/mol. The SMILES string of the molecule is O=C(O)C(=NNc1ccc(Br)cn1)c1ccc(F)c(Cl)c1. The van der Waals surface area contributed by atoms with Crippen molar-refractivity contribution in [1.29, 1.82) is 0 Å². The summed E-state index contributed by atoms with van der Waals surface area (Å²) in [5, 5.41) is 12.8. The number of hydrazone groups is 1. The number of carboxylic acids is 1. The van der Waals surface area contributed by atoms with Gasteiger partial charge in [0.1, 0.15) is 11.6 Å². The fraction of sp³-hybridized carbons (Fsp3) is 0. The number of hydrogen-bond acceptors (Lipinski definition) is 4. The van der Waals surface area contributed by atoms with Crippen molar-refractivity contribution in [2.75, 3.05) is 5.43 Å². The Kier molecular flexibility index (Phi) is 4.87. The molecule has 0 spiro atoms. The minimum atomic E-state index is -1.28. The summed E-state index contributed by atoms with van der Waals surface area (Å²) in [7, 11) is 0. The van der Waals surface area contributed by atoms with Crippen molar-refractivity contribution in [2.45, 2.75) is 0 Å². The number of nitrogens with one attached hydrogen (secondary N) is 1. The molecule has 2 aromatic rings. The standard InChI is InChI=1S/C13H8BrClFN3O2/c14-8-2-4-11(17-6-8)18-19-12(13(20)21)7-1-3-10(16)9(15)5-7/h1-6H,(H,17,18)(H,20,21). The zero-order valence-corrected chi connectivity index (χ0v) is 12.7. The van der Waals surface area contributed by atoms with Gasteiger partial charge in [-0.2, -0.15) is 5.10 Å². The van der Waals surface area contributed by atoms with Crippen LogP contribution < -0.4 is 5.43 Å². The predicted octanol–water partition coefficient (Wildman–Crippen LogP) is 3.54. The van der Waals surface area contributed by atoms with E-state index in [1.165, 1.54) is 18.3 Å². The summed E-state index contributed by atoms with van der Waals surface area (Å²) in [6, 6.07) is 6.89. The lowest BCUT2D eigenvalue weighted by molar-refractivity contribution is -0.129. The molecule has 2 N–H and O–H groups in total. The van der Waals surface area contributed by atoms with E-state index in [2.05, 4.69) is 31.4 Å². The van der Waals surface area contributed by atoms with Gasteiger partial charge in [-0.25, -0.2) is 14.2 Å². The van der Waals surface area contributed by atoms with Crippen molar-refractivity contribution >= 4 is 45.0 Å². The van der Waals surface area contributed by atoms with E-state index in [1.54, 1.807) is 12.1 Å². The largest absolute Gasteiger partial charge is 0.476 e. The number of halogens is 3. The average Bonchev–Trinajstić information content (AvgIpc) is 2.44. The fourth-order valence-electron chi connectivity index (χ4n) is 1.43. The molecule has 0 aliphatic rings. The molecule has 0 saturated heterocycles. The van der Waals surface area contributed by atoms with Crippen molar-refractivity contribution in [1.82, 2.24) is 4.98 Å². The maximum absolute atomic E-state index is 13.1. The number of nitrogens with zero attached hydrogens (tertiary/aromatic N) is 2. The van der Waals surface area contributed by atoms with Crippen LogP contribution in [0.4, 0.5) is 10.2 Å². The second-order valence-corrected chi connectivity index (χ2v) is 5.19. The number of carboxylic acid groups (broad SMARTS) is 1. The number of hydrogen-bond donors (Lipinski definition) is 2. The van der Waals surface area contributed by atoms with E-state index in [0.717, 1.165) is 10.5 Å². The molecule has 0 amide bonds. The number of aliphatic carboxylic acids is 1. The van der Waals surface area contributed by atoms with Gasteiger partial charge in [0, 0.05) is 16.2 Å². The highest BCUT2D eigenvalue weighted by Crippen LogP contribution is 2.17. The molecule has 2 rings (SSSR count). The van der Waals surface area contributed by atoms with Crippen LogP contribution in [-0.2, 0) is 4.79 Å². The molecule has 108 valence electrons. The topological polar surface area (TPSA) is 74.6 Å². The Morgan fingerprint density at radius 3 is 2.71 bits per heavy atom. The van der Waals surface area contributed by atoms with Crippen LogP contribution in [0.5, 0.6) is 0 Å². The Hall–Kier alpha value is -1.99. The first-order valence-corrected chi connectivity index (χ1v) is 6.78. The summed E-state index contributed by atoms with van der Waals surface area (Å²) in [4.78, 5) is 15.2. The lowest BCUT2D eigenvalue weighted by Gasteiger charge is -2.04. The van der Waals surface area contributed by atoms with Crippen molar-refractivity contribution in [3.8, 4) is 0 Å². The lowest BCUT2D eigenvalue weighted by atomic mass is 10.1. The minimum Gasteiger partial charge on any atom is -0.476 e. The molecular formula is C13H8BrClFN3O2. The summed E-state index contributed by atoms with van der Waals surface area (Å²) in [6.07, 6.45) is 1.53. The van der Waals surface area contributed by atoms with Crippen molar-refractivity contribution in [3.63, 3.8) is 0 Å². The first kappa shape index (κ1) is 15.4. The normalized spacial score (nSPS) is 11.3. The molecule has 21 heavy (non-hydrogen) atoms. The zero-order chi connectivity index (χ0) is 15.4. The van der Waals surface area contributed by atoms with Gasteiger partial charge >= 0.3 is 5.97 Å². The van der Waals surface area contributed by atoms with Crippen LogP contribution >= 0.6 is 27.5 Å². The molecule has 0 radical (unpaired) electrons. The Morgan fingerprint density at radius 1 is 1.38 bits per heavy atom. The summed E-state index contributed by atoms with van der Waals surface area (Å²) in [6.45, 7) is 0. The van der Waals surface area contributed by atoms with E-state index in [1.807, 2.05) is 0 Å². The van der Waals surface area contributed by atoms with Crippen LogP contribution in [0.1, 0.15) is 5.56 Å².